The Labute approximate surface area is 125 Å². The molecule has 0 rings (SSSR count). The highest BCUT2D eigenvalue weighted by atomic mass is 16.5. The van der Waals surface area contributed by atoms with Gasteiger partial charge >= 0.3 is 0 Å². The van der Waals surface area contributed by atoms with Crippen LogP contribution in [-0.2, 0) is 9.47 Å². The zero-order chi connectivity index (χ0) is 14.7. The molecule has 0 bridgehead atoms. The number of unbranched alkanes of at least 4 members (excludes halogenated alkanes) is 5. The Morgan fingerprint density at radius 3 is 1.70 bits per heavy atom. The lowest BCUT2D eigenvalue weighted by Gasteiger charge is -2.05. The van der Waals surface area contributed by atoms with Gasteiger partial charge in [0, 0.05) is 26.4 Å². The van der Waals surface area contributed by atoms with Gasteiger partial charge in [0.2, 0.25) is 0 Å². The second-order valence-corrected chi connectivity index (χ2v) is 5.20. The second kappa shape index (κ2) is 18.8. The lowest BCUT2D eigenvalue weighted by atomic mass is 10.2. The molecule has 0 aliphatic heterocycles. The van der Waals surface area contributed by atoms with Crippen LogP contribution in [0.4, 0.5) is 0 Å². The predicted molar refractivity (Wildman–Crippen MR) is 86.2 cm³/mol. The summed E-state index contributed by atoms with van der Waals surface area (Å²) in [4.78, 5) is 0. The Kier molecular flexibility index (Phi) is 18.7. The average Bonchev–Trinajstić information content (AvgIpc) is 2.47. The van der Waals surface area contributed by atoms with Crippen LogP contribution in [0, 0.1) is 0 Å². The average molecular weight is 288 g/mol. The zero-order valence-electron chi connectivity index (χ0n) is 13.5. The summed E-state index contributed by atoms with van der Waals surface area (Å²) in [6.07, 6.45) is 9.42. The second-order valence-electron chi connectivity index (χ2n) is 5.20. The summed E-state index contributed by atoms with van der Waals surface area (Å²) < 4.78 is 11.1. The SMILES string of the molecule is CCNCCCCOCCCCCCOCCCCN. The van der Waals surface area contributed by atoms with Crippen molar-refractivity contribution in [3.8, 4) is 0 Å². The van der Waals surface area contributed by atoms with Gasteiger partial charge < -0.3 is 20.5 Å². The summed E-state index contributed by atoms with van der Waals surface area (Å²) in [5.41, 5.74) is 5.42. The van der Waals surface area contributed by atoms with Crippen LogP contribution in [0.1, 0.15) is 58.3 Å². The Morgan fingerprint density at radius 2 is 1.20 bits per heavy atom. The fraction of sp³-hybridized carbons (Fsp3) is 1.00. The third kappa shape index (κ3) is 17.8. The first-order valence-corrected chi connectivity index (χ1v) is 8.48. The number of ether oxygens (including phenoxy) is 2. The fourth-order valence-electron chi connectivity index (χ4n) is 1.95. The highest BCUT2D eigenvalue weighted by molar-refractivity contribution is 4.46. The minimum absolute atomic E-state index is 0.776. The van der Waals surface area contributed by atoms with E-state index in [1.54, 1.807) is 0 Å². The molecule has 122 valence electrons. The van der Waals surface area contributed by atoms with E-state index < -0.39 is 0 Å². The van der Waals surface area contributed by atoms with E-state index in [9.17, 15) is 0 Å². The van der Waals surface area contributed by atoms with Gasteiger partial charge in [-0.2, -0.15) is 0 Å². The van der Waals surface area contributed by atoms with Crippen molar-refractivity contribution in [3.05, 3.63) is 0 Å². The van der Waals surface area contributed by atoms with Crippen LogP contribution in [0.15, 0.2) is 0 Å². The van der Waals surface area contributed by atoms with Gasteiger partial charge in [-0.3, -0.25) is 0 Å². The summed E-state index contributed by atoms with van der Waals surface area (Å²) in [7, 11) is 0. The number of nitrogens with two attached hydrogens (primary N) is 1. The van der Waals surface area contributed by atoms with Gasteiger partial charge in [0.1, 0.15) is 0 Å². The molecule has 0 aliphatic rings. The first-order chi connectivity index (χ1) is 9.91. The van der Waals surface area contributed by atoms with Gasteiger partial charge in [-0.05, 0) is 58.2 Å². The van der Waals surface area contributed by atoms with Crippen molar-refractivity contribution in [2.24, 2.45) is 5.73 Å². The summed E-state index contributed by atoms with van der Waals surface area (Å²) in [6.45, 7) is 8.69. The van der Waals surface area contributed by atoms with Crippen LogP contribution in [0.25, 0.3) is 0 Å². The summed E-state index contributed by atoms with van der Waals surface area (Å²) in [6, 6.07) is 0. The van der Waals surface area contributed by atoms with Crippen molar-refractivity contribution in [2.75, 3.05) is 46.1 Å². The number of hydrogen-bond acceptors (Lipinski definition) is 4. The first-order valence-electron chi connectivity index (χ1n) is 8.48. The molecule has 0 aromatic heterocycles. The molecule has 0 saturated carbocycles. The summed E-state index contributed by atoms with van der Waals surface area (Å²) >= 11 is 0. The maximum atomic E-state index is 5.61. The fourth-order valence-corrected chi connectivity index (χ4v) is 1.95. The number of hydrogen-bond donors (Lipinski definition) is 2. The van der Waals surface area contributed by atoms with Crippen molar-refractivity contribution in [1.29, 1.82) is 0 Å². The van der Waals surface area contributed by atoms with E-state index in [0.717, 1.165) is 58.9 Å². The summed E-state index contributed by atoms with van der Waals surface area (Å²) in [5, 5.41) is 3.32. The van der Waals surface area contributed by atoms with Crippen molar-refractivity contribution in [1.82, 2.24) is 5.32 Å². The molecule has 0 amide bonds. The molecule has 0 saturated heterocycles. The van der Waals surface area contributed by atoms with Gasteiger partial charge in [0.25, 0.3) is 0 Å². The molecule has 0 fully saturated rings. The highest BCUT2D eigenvalue weighted by Gasteiger charge is 1.93. The van der Waals surface area contributed by atoms with Gasteiger partial charge in [-0.15, -0.1) is 0 Å². The number of rotatable bonds is 17. The van der Waals surface area contributed by atoms with Gasteiger partial charge in [-0.25, -0.2) is 0 Å². The molecule has 0 spiro atoms. The van der Waals surface area contributed by atoms with E-state index in [2.05, 4.69) is 12.2 Å². The maximum Gasteiger partial charge on any atom is 0.0466 e. The topological polar surface area (TPSA) is 56.5 Å². The normalized spacial score (nSPS) is 11.1. The van der Waals surface area contributed by atoms with Crippen LogP contribution >= 0.6 is 0 Å². The minimum Gasteiger partial charge on any atom is -0.381 e. The highest BCUT2D eigenvalue weighted by Crippen LogP contribution is 2.01. The molecule has 0 heterocycles. The van der Waals surface area contributed by atoms with Crippen molar-refractivity contribution in [2.45, 2.75) is 58.3 Å². The molecule has 0 aromatic carbocycles. The molecule has 0 aromatic rings. The van der Waals surface area contributed by atoms with Gasteiger partial charge in [0.15, 0.2) is 0 Å². The lowest BCUT2D eigenvalue weighted by Crippen LogP contribution is -2.14. The standard InChI is InChI=1S/C16H36N2O2/c1-2-18-12-6-10-16-20-14-8-4-3-7-13-19-15-9-5-11-17/h18H,2-17H2,1H3. The molecule has 0 unspecified atom stereocenters. The number of nitrogens with one attached hydrogen (secondary N) is 1. The largest absolute Gasteiger partial charge is 0.381 e. The van der Waals surface area contributed by atoms with E-state index in [1.165, 1.54) is 38.5 Å². The van der Waals surface area contributed by atoms with E-state index in [4.69, 9.17) is 15.2 Å². The Bertz CT molecular complexity index is 151. The van der Waals surface area contributed by atoms with Gasteiger partial charge in [0.05, 0.1) is 0 Å². The molecule has 3 N–H and O–H groups in total. The maximum absolute atomic E-state index is 5.61. The van der Waals surface area contributed by atoms with Crippen molar-refractivity contribution in [3.63, 3.8) is 0 Å². The third-order valence-corrected chi connectivity index (χ3v) is 3.21. The Hall–Kier alpha value is -0.160. The molecule has 0 atom stereocenters. The van der Waals surface area contributed by atoms with E-state index in [1.807, 2.05) is 0 Å². The molecule has 20 heavy (non-hydrogen) atoms. The molecule has 0 aliphatic carbocycles. The van der Waals surface area contributed by atoms with Gasteiger partial charge in [-0.1, -0.05) is 19.8 Å². The summed E-state index contributed by atoms with van der Waals surface area (Å²) in [5.74, 6) is 0. The van der Waals surface area contributed by atoms with E-state index in [-0.39, 0.29) is 0 Å². The Morgan fingerprint density at radius 1 is 0.700 bits per heavy atom. The smallest absolute Gasteiger partial charge is 0.0466 e. The molecule has 4 nitrogen and oxygen atoms in total. The van der Waals surface area contributed by atoms with Crippen LogP contribution < -0.4 is 11.1 Å². The quantitative estimate of drug-likeness (QED) is 0.404. The molecule has 4 heteroatoms. The van der Waals surface area contributed by atoms with E-state index >= 15 is 0 Å². The zero-order valence-corrected chi connectivity index (χ0v) is 13.5. The molecular weight excluding hydrogens is 252 g/mol. The molecule has 0 radical (unpaired) electrons. The lowest BCUT2D eigenvalue weighted by molar-refractivity contribution is 0.118. The first kappa shape index (κ1) is 19.8. The Balaban J connectivity index is 2.89. The molecular formula is C16H36N2O2. The van der Waals surface area contributed by atoms with Crippen molar-refractivity contribution < 1.29 is 9.47 Å². The van der Waals surface area contributed by atoms with Crippen LogP contribution in [0.5, 0.6) is 0 Å². The van der Waals surface area contributed by atoms with Crippen LogP contribution in [-0.4, -0.2) is 46.1 Å². The van der Waals surface area contributed by atoms with Crippen molar-refractivity contribution >= 4 is 0 Å². The minimum atomic E-state index is 0.776. The van der Waals surface area contributed by atoms with Crippen LogP contribution in [0.2, 0.25) is 0 Å². The van der Waals surface area contributed by atoms with E-state index in [0.29, 0.717) is 0 Å². The third-order valence-electron chi connectivity index (χ3n) is 3.21. The predicted octanol–water partition coefficient (Wildman–Crippen LogP) is 2.71. The van der Waals surface area contributed by atoms with Crippen LogP contribution in [0.3, 0.4) is 0 Å². The monoisotopic (exact) mass is 288 g/mol.